The van der Waals surface area contributed by atoms with Crippen molar-refractivity contribution in [2.45, 2.75) is 39.0 Å². The molecule has 3 rings (SSSR count). The third-order valence-corrected chi connectivity index (χ3v) is 4.44. The van der Waals surface area contributed by atoms with E-state index in [-0.39, 0.29) is 35.4 Å². The number of hydrogen-bond donors (Lipinski definition) is 1. The van der Waals surface area contributed by atoms with Crippen molar-refractivity contribution in [1.82, 2.24) is 19.5 Å². The molecule has 0 radical (unpaired) electrons. The number of alkyl halides is 4. The van der Waals surface area contributed by atoms with Gasteiger partial charge in [0.25, 0.3) is 5.56 Å². The number of anilines is 1. The van der Waals surface area contributed by atoms with Gasteiger partial charge in [0.15, 0.2) is 17.4 Å². The van der Waals surface area contributed by atoms with E-state index in [4.69, 9.17) is 5.73 Å². The highest BCUT2D eigenvalue weighted by Gasteiger charge is 2.16. The summed E-state index contributed by atoms with van der Waals surface area (Å²) in [6.45, 7) is -5.75. The van der Waals surface area contributed by atoms with Gasteiger partial charge in [0.2, 0.25) is 0 Å². The molecule has 2 heterocycles. The van der Waals surface area contributed by atoms with Crippen LogP contribution in [0.2, 0.25) is 0 Å². The maximum absolute atomic E-state index is 14.7. The van der Waals surface area contributed by atoms with Crippen molar-refractivity contribution in [2.24, 2.45) is 0 Å². The number of nitrogen functional groups attached to an aromatic ring is 1. The first-order valence-electron chi connectivity index (χ1n) is 9.42. The molecule has 2 N–H and O–H groups in total. The van der Waals surface area contributed by atoms with Crippen LogP contribution in [0.3, 0.4) is 0 Å². The van der Waals surface area contributed by atoms with Gasteiger partial charge in [0.1, 0.15) is 5.82 Å². The number of aryl methyl sites for hydroxylation is 1. The maximum atomic E-state index is 14.7. The van der Waals surface area contributed by atoms with Crippen LogP contribution < -0.4 is 16.0 Å². The number of unbranched alkanes of at least 4 members (excludes halogenated alkanes) is 2. The zero-order valence-corrected chi connectivity index (χ0v) is 16.5. The minimum Gasteiger partial charge on any atom is -0.429 e. The lowest BCUT2D eigenvalue weighted by Gasteiger charge is -2.10. The van der Waals surface area contributed by atoms with Crippen LogP contribution in [0, 0.1) is 5.82 Å². The lowest BCUT2D eigenvalue weighted by atomic mass is 10.1. The average molecular weight is 459 g/mol. The molecule has 0 aliphatic carbocycles. The van der Waals surface area contributed by atoms with E-state index in [0.717, 1.165) is 12.3 Å². The molecule has 0 amide bonds. The van der Waals surface area contributed by atoms with E-state index in [0.29, 0.717) is 19.3 Å². The fourth-order valence-corrected chi connectivity index (χ4v) is 2.94. The van der Waals surface area contributed by atoms with Gasteiger partial charge in [-0.3, -0.25) is 9.36 Å². The van der Waals surface area contributed by atoms with Gasteiger partial charge in [-0.25, -0.2) is 19.3 Å². The van der Waals surface area contributed by atoms with Gasteiger partial charge in [-0.2, -0.15) is 17.6 Å². The largest absolute Gasteiger partial charge is 0.429 e. The number of ether oxygens (including phenoxy) is 2. The highest BCUT2D eigenvalue weighted by Crippen LogP contribution is 2.27. The Morgan fingerprint density at radius 3 is 2.53 bits per heavy atom. The zero-order chi connectivity index (χ0) is 23.3. The Morgan fingerprint density at radius 1 is 1.06 bits per heavy atom. The molecule has 8 nitrogen and oxygen atoms in total. The molecule has 1 aromatic carbocycles. The summed E-state index contributed by atoms with van der Waals surface area (Å²) < 4.78 is 72.8. The Labute approximate surface area is 177 Å². The molecule has 0 atom stereocenters. The summed E-state index contributed by atoms with van der Waals surface area (Å²) >= 11 is 0. The number of nitrogens with two attached hydrogens (primary N) is 1. The van der Waals surface area contributed by atoms with Crippen molar-refractivity contribution < 1.29 is 31.4 Å². The van der Waals surface area contributed by atoms with E-state index < -0.39 is 36.2 Å². The Hall–Kier alpha value is -3.35. The molecule has 2 aromatic heterocycles. The smallest absolute Gasteiger partial charge is 0.387 e. The lowest BCUT2D eigenvalue weighted by Crippen LogP contribution is -2.21. The van der Waals surface area contributed by atoms with E-state index in [1.54, 1.807) is 0 Å². The average Bonchev–Trinajstić information content (AvgIpc) is 2.73. The quantitative estimate of drug-likeness (QED) is 0.365. The molecule has 32 heavy (non-hydrogen) atoms. The molecular formula is C19H18F5N5O3. The molecular weight excluding hydrogens is 441 g/mol. The number of hydrogen-bond acceptors (Lipinski definition) is 7. The predicted molar refractivity (Wildman–Crippen MR) is 104 cm³/mol. The maximum Gasteiger partial charge on any atom is 0.387 e. The first-order chi connectivity index (χ1) is 15.3. The number of nitrogens with zero attached hydrogens (tertiary/aromatic N) is 4. The molecule has 0 unspecified atom stereocenters. The van der Waals surface area contributed by atoms with E-state index >= 15 is 0 Å². The van der Waals surface area contributed by atoms with Crippen molar-refractivity contribution in [2.75, 3.05) is 12.3 Å². The highest BCUT2D eigenvalue weighted by atomic mass is 19.3. The van der Waals surface area contributed by atoms with Gasteiger partial charge in [-0.1, -0.05) is 0 Å². The lowest BCUT2D eigenvalue weighted by molar-refractivity contribution is -0.129. The third-order valence-electron chi connectivity index (χ3n) is 4.44. The summed E-state index contributed by atoms with van der Waals surface area (Å²) in [4.78, 5) is 24.3. The fourth-order valence-electron chi connectivity index (χ4n) is 2.94. The molecule has 0 bridgehead atoms. The summed E-state index contributed by atoms with van der Waals surface area (Å²) in [5, 5.41) is 0.0143. The van der Waals surface area contributed by atoms with Crippen LogP contribution in [0.5, 0.6) is 5.75 Å². The second-order valence-corrected chi connectivity index (χ2v) is 6.61. The van der Waals surface area contributed by atoms with Crippen LogP contribution in [0.25, 0.3) is 22.3 Å². The Bertz CT molecular complexity index is 1140. The van der Waals surface area contributed by atoms with Crippen LogP contribution >= 0.6 is 0 Å². The van der Waals surface area contributed by atoms with Crippen molar-refractivity contribution in [3.8, 4) is 17.1 Å². The van der Waals surface area contributed by atoms with Gasteiger partial charge in [-0.15, -0.1) is 0 Å². The van der Waals surface area contributed by atoms with E-state index in [1.807, 2.05) is 0 Å². The van der Waals surface area contributed by atoms with Gasteiger partial charge >= 0.3 is 13.2 Å². The minimum atomic E-state index is -3.12. The SMILES string of the molecule is Nc1nc(-c2cc3ncn(CCCCCOC(F)F)c(=O)c3cc2F)ncc1OC(F)F. The van der Waals surface area contributed by atoms with Crippen molar-refractivity contribution in [3.05, 3.63) is 40.8 Å². The van der Waals surface area contributed by atoms with Crippen LogP contribution in [0.15, 0.2) is 29.5 Å². The summed E-state index contributed by atoms with van der Waals surface area (Å²) in [7, 11) is 0. The highest BCUT2D eigenvalue weighted by molar-refractivity contribution is 5.82. The molecule has 0 aliphatic heterocycles. The van der Waals surface area contributed by atoms with Crippen LogP contribution in [-0.4, -0.2) is 39.3 Å². The fraction of sp³-hybridized carbons (Fsp3) is 0.368. The van der Waals surface area contributed by atoms with Gasteiger partial charge in [-0.05, 0) is 31.4 Å². The summed E-state index contributed by atoms with van der Waals surface area (Å²) in [6.07, 6.45) is 3.65. The summed E-state index contributed by atoms with van der Waals surface area (Å²) in [5.41, 5.74) is 5.12. The predicted octanol–water partition coefficient (Wildman–Crippen LogP) is 3.59. The molecule has 0 spiro atoms. The molecule has 3 aromatic rings. The first kappa shape index (κ1) is 23.3. The number of fused-ring (bicyclic) bond motifs is 1. The third kappa shape index (κ3) is 5.66. The van der Waals surface area contributed by atoms with Gasteiger partial charge in [0.05, 0.1) is 35.6 Å². The second-order valence-electron chi connectivity index (χ2n) is 6.61. The van der Waals surface area contributed by atoms with Crippen LogP contribution in [-0.2, 0) is 11.3 Å². The number of rotatable bonds is 10. The topological polar surface area (TPSA) is 105 Å². The Kier molecular flexibility index (Phi) is 7.51. The van der Waals surface area contributed by atoms with E-state index in [9.17, 15) is 26.7 Å². The normalized spacial score (nSPS) is 11.6. The molecule has 13 heteroatoms. The molecule has 0 fully saturated rings. The monoisotopic (exact) mass is 459 g/mol. The standard InChI is InChI=1S/C19H18F5N5O3/c20-12-6-11-13(7-10(12)16-26-8-14(15(25)28-16)32-19(23)24)27-9-29(17(11)30)4-2-1-3-5-31-18(21)22/h6-9,18-19H,1-5H2,(H2,25,26,28). The van der Waals surface area contributed by atoms with Crippen molar-refractivity contribution in [1.29, 1.82) is 0 Å². The summed E-state index contributed by atoms with van der Waals surface area (Å²) in [6, 6.07) is 2.23. The Morgan fingerprint density at radius 2 is 1.84 bits per heavy atom. The zero-order valence-electron chi connectivity index (χ0n) is 16.5. The van der Waals surface area contributed by atoms with Gasteiger partial charge in [0, 0.05) is 6.54 Å². The van der Waals surface area contributed by atoms with Crippen LogP contribution in [0.1, 0.15) is 19.3 Å². The Balaban J connectivity index is 1.78. The molecule has 172 valence electrons. The number of halogens is 5. The van der Waals surface area contributed by atoms with Gasteiger partial charge < -0.3 is 15.2 Å². The summed E-state index contributed by atoms with van der Waals surface area (Å²) in [5.74, 6) is -1.88. The molecule has 0 saturated heterocycles. The van der Waals surface area contributed by atoms with Crippen molar-refractivity contribution in [3.63, 3.8) is 0 Å². The number of benzene rings is 1. The van der Waals surface area contributed by atoms with Crippen LogP contribution in [0.4, 0.5) is 27.8 Å². The first-order valence-corrected chi connectivity index (χ1v) is 9.42. The van der Waals surface area contributed by atoms with E-state index in [1.165, 1.54) is 17.0 Å². The number of aromatic nitrogens is 4. The second kappa shape index (κ2) is 10.3. The molecule has 0 aliphatic rings. The minimum absolute atomic E-state index is 0.0143. The molecule has 0 saturated carbocycles. The van der Waals surface area contributed by atoms with Crippen molar-refractivity contribution >= 4 is 16.7 Å². The van der Waals surface area contributed by atoms with E-state index in [2.05, 4.69) is 24.4 Å².